The predicted octanol–water partition coefficient (Wildman–Crippen LogP) is -0.530. The summed E-state index contributed by atoms with van der Waals surface area (Å²) >= 11 is 2.06. The Hall–Kier alpha value is -0.450. The summed E-state index contributed by atoms with van der Waals surface area (Å²) in [6.45, 7) is -0.476. The van der Waals surface area contributed by atoms with Crippen molar-refractivity contribution in [3.8, 4) is 5.75 Å². The molecular formula is C12H15IO6. The molecule has 0 bridgehead atoms. The Morgan fingerprint density at radius 3 is 2.42 bits per heavy atom. The number of aliphatic hydroxyl groups excluding tert-OH is 4. The number of ether oxygens (including phenoxy) is 2. The number of halogens is 1. The van der Waals surface area contributed by atoms with Gasteiger partial charge in [0.25, 0.3) is 0 Å². The maximum atomic E-state index is 9.83. The van der Waals surface area contributed by atoms with Crippen LogP contribution >= 0.6 is 22.6 Å². The van der Waals surface area contributed by atoms with Gasteiger partial charge in [-0.1, -0.05) is 12.1 Å². The van der Waals surface area contributed by atoms with Gasteiger partial charge in [0.15, 0.2) is 0 Å². The van der Waals surface area contributed by atoms with E-state index in [1.165, 1.54) is 0 Å². The van der Waals surface area contributed by atoms with Crippen molar-refractivity contribution in [2.75, 3.05) is 6.61 Å². The first-order valence-electron chi connectivity index (χ1n) is 5.76. The molecule has 5 atom stereocenters. The van der Waals surface area contributed by atoms with Crippen LogP contribution in [0.2, 0.25) is 0 Å². The topological polar surface area (TPSA) is 99.4 Å². The van der Waals surface area contributed by atoms with E-state index in [9.17, 15) is 15.3 Å². The van der Waals surface area contributed by atoms with Crippen LogP contribution in [0.1, 0.15) is 0 Å². The SMILES string of the molecule is OCC1O[C@@H](Oc2ccccc2I)C(O)[C@@H](O)[C@@H]1O. The average Bonchev–Trinajstić information content (AvgIpc) is 2.41. The highest BCUT2D eigenvalue weighted by molar-refractivity contribution is 14.1. The monoisotopic (exact) mass is 382 g/mol. The highest BCUT2D eigenvalue weighted by atomic mass is 127. The highest BCUT2D eigenvalue weighted by Crippen LogP contribution is 2.26. The van der Waals surface area contributed by atoms with Gasteiger partial charge < -0.3 is 29.9 Å². The van der Waals surface area contributed by atoms with Gasteiger partial charge in [0.2, 0.25) is 6.29 Å². The lowest BCUT2D eigenvalue weighted by Gasteiger charge is -2.39. The smallest absolute Gasteiger partial charge is 0.229 e. The van der Waals surface area contributed by atoms with E-state index in [1.807, 2.05) is 12.1 Å². The van der Waals surface area contributed by atoms with Crippen LogP contribution in [-0.2, 0) is 4.74 Å². The molecule has 1 fully saturated rings. The summed E-state index contributed by atoms with van der Waals surface area (Å²) in [6, 6.07) is 7.12. The minimum atomic E-state index is -1.43. The van der Waals surface area contributed by atoms with E-state index in [4.69, 9.17) is 14.6 Å². The Balaban J connectivity index is 2.13. The van der Waals surface area contributed by atoms with E-state index in [2.05, 4.69) is 22.6 Å². The van der Waals surface area contributed by atoms with Crippen LogP contribution < -0.4 is 4.74 Å². The zero-order chi connectivity index (χ0) is 14.0. The average molecular weight is 382 g/mol. The van der Waals surface area contributed by atoms with E-state index in [1.54, 1.807) is 12.1 Å². The van der Waals surface area contributed by atoms with Crippen LogP contribution in [0.3, 0.4) is 0 Å². The lowest BCUT2D eigenvalue weighted by Crippen LogP contribution is -2.60. The van der Waals surface area contributed by atoms with Crippen molar-refractivity contribution in [3.63, 3.8) is 0 Å². The number of aliphatic hydroxyl groups is 4. The molecule has 1 heterocycles. The molecule has 0 aromatic heterocycles. The fourth-order valence-electron chi connectivity index (χ4n) is 1.83. The standard InChI is InChI=1S/C12H15IO6/c13-6-3-1-2-4-7(6)18-12-11(17)10(16)9(15)8(5-14)19-12/h1-4,8-12,14-17H,5H2/t8?,9-,10+,11?,12-/m1/s1. The lowest BCUT2D eigenvalue weighted by molar-refractivity contribution is -0.277. The first-order chi connectivity index (χ1) is 9.04. The maximum absolute atomic E-state index is 9.83. The van der Waals surface area contributed by atoms with Crippen molar-refractivity contribution >= 4 is 22.6 Å². The van der Waals surface area contributed by atoms with Crippen LogP contribution in [0.5, 0.6) is 5.75 Å². The summed E-state index contributed by atoms with van der Waals surface area (Å²) in [6.07, 6.45) is -6.32. The van der Waals surface area contributed by atoms with Crippen LogP contribution in [0.15, 0.2) is 24.3 Å². The second kappa shape index (κ2) is 6.33. The third-order valence-electron chi connectivity index (χ3n) is 2.93. The normalized spacial score (nSPS) is 35.1. The molecule has 19 heavy (non-hydrogen) atoms. The first kappa shape index (κ1) is 14.9. The van der Waals surface area contributed by atoms with Gasteiger partial charge in [-0.3, -0.25) is 0 Å². The van der Waals surface area contributed by atoms with Crippen molar-refractivity contribution in [1.82, 2.24) is 0 Å². The van der Waals surface area contributed by atoms with Crippen LogP contribution in [0, 0.1) is 3.57 Å². The van der Waals surface area contributed by atoms with Crippen LogP contribution in [0.25, 0.3) is 0 Å². The molecule has 1 saturated heterocycles. The number of benzene rings is 1. The molecule has 1 aliphatic heterocycles. The van der Waals surface area contributed by atoms with Gasteiger partial charge in [-0.2, -0.15) is 0 Å². The second-order valence-electron chi connectivity index (χ2n) is 4.25. The van der Waals surface area contributed by atoms with Gasteiger partial charge >= 0.3 is 0 Å². The summed E-state index contributed by atoms with van der Waals surface area (Å²) in [4.78, 5) is 0. The molecule has 4 N–H and O–H groups in total. The largest absolute Gasteiger partial charge is 0.461 e. The zero-order valence-corrected chi connectivity index (χ0v) is 12.0. The molecule has 1 aliphatic rings. The highest BCUT2D eigenvalue weighted by Gasteiger charge is 2.44. The molecule has 1 aromatic rings. The Morgan fingerprint density at radius 1 is 1.11 bits per heavy atom. The minimum absolute atomic E-state index is 0.476. The molecule has 6 nitrogen and oxygen atoms in total. The summed E-state index contributed by atoms with van der Waals surface area (Å²) in [5.41, 5.74) is 0. The molecule has 7 heteroatoms. The van der Waals surface area contributed by atoms with Crippen molar-refractivity contribution in [1.29, 1.82) is 0 Å². The third kappa shape index (κ3) is 3.18. The summed E-state index contributed by atoms with van der Waals surface area (Å²) in [5, 5.41) is 38.2. The third-order valence-corrected chi connectivity index (χ3v) is 3.82. The zero-order valence-electron chi connectivity index (χ0n) is 9.89. The second-order valence-corrected chi connectivity index (χ2v) is 5.41. The Morgan fingerprint density at radius 2 is 1.79 bits per heavy atom. The van der Waals surface area contributed by atoms with Crippen molar-refractivity contribution < 1.29 is 29.9 Å². The number of hydrogen-bond acceptors (Lipinski definition) is 6. The quantitative estimate of drug-likeness (QED) is 0.525. The first-order valence-corrected chi connectivity index (χ1v) is 6.84. The molecular weight excluding hydrogens is 367 g/mol. The van der Waals surface area contributed by atoms with Gasteiger partial charge in [0.1, 0.15) is 30.2 Å². The number of hydrogen-bond donors (Lipinski definition) is 4. The van der Waals surface area contributed by atoms with E-state index in [-0.39, 0.29) is 0 Å². The molecule has 2 unspecified atom stereocenters. The van der Waals surface area contributed by atoms with Gasteiger partial charge in [0, 0.05) is 0 Å². The van der Waals surface area contributed by atoms with E-state index in [0.29, 0.717) is 5.75 Å². The number of rotatable bonds is 3. The number of para-hydroxylation sites is 1. The summed E-state index contributed by atoms with van der Waals surface area (Å²) in [7, 11) is 0. The fraction of sp³-hybridized carbons (Fsp3) is 0.500. The van der Waals surface area contributed by atoms with Gasteiger partial charge in [-0.25, -0.2) is 0 Å². The van der Waals surface area contributed by atoms with Crippen LogP contribution in [0.4, 0.5) is 0 Å². The maximum Gasteiger partial charge on any atom is 0.229 e. The molecule has 0 spiro atoms. The summed E-state index contributed by atoms with van der Waals surface area (Å²) in [5.74, 6) is 0.493. The molecule has 2 rings (SSSR count). The van der Waals surface area contributed by atoms with Crippen molar-refractivity contribution in [2.24, 2.45) is 0 Å². The molecule has 0 amide bonds. The fourth-order valence-corrected chi connectivity index (χ4v) is 2.34. The van der Waals surface area contributed by atoms with E-state index in [0.717, 1.165) is 3.57 Å². The Labute approximate surface area is 123 Å². The molecule has 106 valence electrons. The van der Waals surface area contributed by atoms with Gasteiger partial charge in [-0.05, 0) is 34.7 Å². The van der Waals surface area contributed by atoms with Crippen LogP contribution in [-0.4, -0.2) is 57.7 Å². The molecule has 1 aromatic carbocycles. The van der Waals surface area contributed by atoms with Gasteiger partial charge in [-0.15, -0.1) is 0 Å². The molecule has 0 saturated carbocycles. The minimum Gasteiger partial charge on any atom is -0.461 e. The van der Waals surface area contributed by atoms with Crippen molar-refractivity contribution in [2.45, 2.75) is 30.7 Å². The molecule has 0 radical (unpaired) electrons. The lowest BCUT2D eigenvalue weighted by atomic mass is 9.99. The Bertz CT molecular complexity index is 426. The van der Waals surface area contributed by atoms with Crippen molar-refractivity contribution in [3.05, 3.63) is 27.8 Å². The van der Waals surface area contributed by atoms with Gasteiger partial charge in [0.05, 0.1) is 10.2 Å². The van der Waals surface area contributed by atoms with E-state index < -0.39 is 37.3 Å². The van der Waals surface area contributed by atoms with E-state index >= 15 is 0 Å². The molecule has 0 aliphatic carbocycles. The predicted molar refractivity (Wildman–Crippen MR) is 73.6 cm³/mol. The Kier molecular flexibility index (Phi) is 4.98. The summed E-state index contributed by atoms with van der Waals surface area (Å²) < 4.78 is 11.6.